The maximum Gasteiger partial charge on any atom is 0.207 e. The Balaban J connectivity index is 1.90. The van der Waals surface area contributed by atoms with E-state index in [0.29, 0.717) is 5.92 Å². The first kappa shape index (κ1) is 8.21. The van der Waals surface area contributed by atoms with Gasteiger partial charge in [0.25, 0.3) is 0 Å². The second-order valence-electron chi connectivity index (χ2n) is 4.70. The van der Waals surface area contributed by atoms with Crippen LogP contribution in [-0.4, -0.2) is 11.6 Å². The van der Waals surface area contributed by atoms with Crippen molar-refractivity contribution in [1.29, 1.82) is 0 Å². The lowest BCUT2D eigenvalue weighted by Gasteiger charge is -2.41. The van der Waals surface area contributed by atoms with Gasteiger partial charge in [-0.3, -0.25) is 0 Å². The third-order valence-electron chi connectivity index (χ3n) is 3.64. The fraction of sp³-hybridized carbons (Fsp3) is 1.00. The van der Waals surface area contributed by atoms with E-state index in [1.807, 2.05) is 6.92 Å². The molecule has 1 saturated carbocycles. The molecule has 0 aromatic carbocycles. The fourth-order valence-electron chi connectivity index (χ4n) is 2.88. The Morgan fingerprint density at radius 3 is 2.92 bits per heavy atom. The van der Waals surface area contributed by atoms with Crippen LogP contribution < -0.4 is 0 Å². The Bertz CT molecular complexity index is 226. The van der Waals surface area contributed by atoms with Crippen molar-refractivity contribution in [3.8, 4) is 0 Å². The Labute approximate surface area is 78.3 Å². The first-order chi connectivity index (χ1) is 6.23. The van der Waals surface area contributed by atoms with Gasteiger partial charge in [-0.15, -0.1) is 0 Å². The SMILES string of the molecule is C[C@]12CCC3CCCC[C@@]3(OO1)O2. The molecule has 3 rings (SSSR count). The van der Waals surface area contributed by atoms with Crippen molar-refractivity contribution < 1.29 is 14.5 Å². The summed E-state index contributed by atoms with van der Waals surface area (Å²) in [6.45, 7) is 1.98. The van der Waals surface area contributed by atoms with Crippen molar-refractivity contribution in [2.24, 2.45) is 5.92 Å². The predicted molar refractivity (Wildman–Crippen MR) is 45.6 cm³/mol. The third-order valence-corrected chi connectivity index (χ3v) is 3.64. The summed E-state index contributed by atoms with van der Waals surface area (Å²) in [4.78, 5) is 10.8. The Hall–Kier alpha value is -0.120. The molecule has 74 valence electrons. The standard InChI is InChI=1S/C10H16O3/c1-9-7-5-8-4-2-3-6-10(8,11-9)13-12-9/h8H,2-7H2,1H3/t8?,9-,10+/m1/s1. The van der Waals surface area contributed by atoms with Gasteiger partial charge in [0.1, 0.15) is 0 Å². The van der Waals surface area contributed by atoms with Gasteiger partial charge < -0.3 is 4.74 Å². The molecule has 13 heavy (non-hydrogen) atoms. The quantitative estimate of drug-likeness (QED) is 0.541. The monoisotopic (exact) mass is 184 g/mol. The molecule has 0 radical (unpaired) electrons. The van der Waals surface area contributed by atoms with Gasteiger partial charge in [0.05, 0.1) is 0 Å². The zero-order valence-electron chi connectivity index (χ0n) is 8.04. The van der Waals surface area contributed by atoms with Gasteiger partial charge in [-0.05, 0) is 26.2 Å². The summed E-state index contributed by atoms with van der Waals surface area (Å²) < 4.78 is 5.93. The molecule has 2 bridgehead atoms. The highest BCUT2D eigenvalue weighted by atomic mass is 17.3. The highest BCUT2D eigenvalue weighted by molar-refractivity contribution is 4.92. The summed E-state index contributed by atoms with van der Waals surface area (Å²) in [7, 11) is 0. The van der Waals surface area contributed by atoms with Gasteiger partial charge in [0.15, 0.2) is 0 Å². The van der Waals surface area contributed by atoms with Crippen molar-refractivity contribution in [1.82, 2.24) is 0 Å². The fourth-order valence-corrected chi connectivity index (χ4v) is 2.88. The Morgan fingerprint density at radius 1 is 1.08 bits per heavy atom. The van der Waals surface area contributed by atoms with Crippen LogP contribution in [0.3, 0.4) is 0 Å². The molecular weight excluding hydrogens is 168 g/mol. The van der Waals surface area contributed by atoms with Crippen molar-refractivity contribution in [3.63, 3.8) is 0 Å². The summed E-state index contributed by atoms with van der Waals surface area (Å²) in [5.41, 5.74) is 0. The summed E-state index contributed by atoms with van der Waals surface area (Å²) in [6, 6.07) is 0. The minimum atomic E-state index is -0.451. The van der Waals surface area contributed by atoms with E-state index in [0.717, 1.165) is 12.8 Å². The van der Waals surface area contributed by atoms with Crippen LogP contribution in [-0.2, 0) is 14.5 Å². The molecule has 3 fully saturated rings. The van der Waals surface area contributed by atoms with Crippen LogP contribution in [0.25, 0.3) is 0 Å². The van der Waals surface area contributed by atoms with E-state index in [1.54, 1.807) is 0 Å². The lowest BCUT2D eigenvalue weighted by Crippen LogP contribution is -2.47. The van der Waals surface area contributed by atoms with E-state index >= 15 is 0 Å². The van der Waals surface area contributed by atoms with Crippen LogP contribution in [0.2, 0.25) is 0 Å². The van der Waals surface area contributed by atoms with Gasteiger partial charge in [-0.25, -0.2) is 0 Å². The van der Waals surface area contributed by atoms with Crippen molar-refractivity contribution in [2.75, 3.05) is 0 Å². The molecule has 1 unspecified atom stereocenters. The Morgan fingerprint density at radius 2 is 2.00 bits per heavy atom. The highest BCUT2D eigenvalue weighted by Crippen LogP contribution is 2.53. The largest absolute Gasteiger partial charge is 0.312 e. The number of hydrogen-bond acceptors (Lipinski definition) is 3. The smallest absolute Gasteiger partial charge is 0.207 e. The molecule has 2 heterocycles. The van der Waals surface area contributed by atoms with Crippen LogP contribution in [0.4, 0.5) is 0 Å². The number of rotatable bonds is 0. The second kappa shape index (κ2) is 2.47. The zero-order chi connectivity index (χ0) is 8.94. The van der Waals surface area contributed by atoms with E-state index in [2.05, 4.69) is 0 Å². The van der Waals surface area contributed by atoms with E-state index < -0.39 is 5.79 Å². The maximum atomic E-state index is 5.93. The van der Waals surface area contributed by atoms with Crippen LogP contribution in [0.1, 0.15) is 45.4 Å². The number of hydrogen-bond donors (Lipinski definition) is 0. The molecule has 2 aliphatic heterocycles. The normalized spacial score (nSPS) is 54.7. The molecule has 1 spiro atoms. The minimum absolute atomic E-state index is 0.370. The van der Waals surface area contributed by atoms with Gasteiger partial charge in [-0.2, -0.15) is 9.78 Å². The first-order valence-electron chi connectivity index (χ1n) is 5.30. The summed E-state index contributed by atoms with van der Waals surface area (Å²) >= 11 is 0. The van der Waals surface area contributed by atoms with E-state index in [1.165, 1.54) is 25.7 Å². The van der Waals surface area contributed by atoms with Gasteiger partial charge in [0, 0.05) is 18.8 Å². The lowest BCUT2D eigenvalue weighted by molar-refractivity contribution is -0.352. The van der Waals surface area contributed by atoms with Crippen molar-refractivity contribution in [2.45, 2.75) is 57.0 Å². The molecule has 2 saturated heterocycles. The van der Waals surface area contributed by atoms with Crippen molar-refractivity contribution in [3.05, 3.63) is 0 Å². The average Bonchev–Trinajstić information content (AvgIpc) is 2.38. The summed E-state index contributed by atoms with van der Waals surface area (Å²) in [5, 5.41) is 0. The first-order valence-corrected chi connectivity index (χ1v) is 5.30. The average molecular weight is 184 g/mol. The molecule has 3 nitrogen and oxygen atoms in total. The van der Waals surface area contributed by atoms with Crippen LogP contribution >= 0.6 is 0 Å². The molecule has 3 aliphatic rings. The van der Waals surface area contributed by atoms with Crippen molar-refractivity contribution >= 4 is 0 Å². The molecule has 0 N–H and O–H groups in total. The zero-order valence-corrected chi connectivity index (χ0v) is 8.04. The maximum absolute atomic E-state index is 5.93. The minimum Gasteiger partial charge on any atom is -0.312 e. The number of ether oxygens (including phenoxy) is 1. The molecule has 0 amide bonds. The molecular formula is C10H16O3. The summed E-state index contributed by atoms with van der Waals surface area (Å²) in [5.74, 6) is -0.254. The van der Waals surface area contributed by atoms with Crippen LogP contribution in [0.15, 0.2) is 0 Å². The lowest BCUT2D eigenvalue weighted by atomic mass is 9.78. The third kappa shape index (κ3) is 1.07. The second-order valence-corrected chi connectivity index (χ2v) is 4.70. The van der Waals surface area contributed by atoms with E-state index in [4.69, 9.17) is 14.5 Å². The topological polar surface area (TPSA) is 27.7 Å². The van der Waals surface area contributed by atoms with Gasteiger partial charge in [0.2, 0.25) is 11.6 Å². The molecule has 0 aromatic rings. The molecule has 3 atom stereocenters. The molecule has 3 heteroatoms. The molecule has 0 aromatic heterocycles. The summed E-state index contributed by atoms with van der Waals surface area (Å²) in [6.07, 6.45) is 6.93. The van der Waals surface area contributed by atoms with Gasteiger partial charge in [-0.1, -0.05) is 6.42 Å². The van der Waals surface area contributed by atoms with E-state index in [9.17, 15) is 0 Å². The number of fused-ring (bicyclic) bond motifs is 1. The van der Waals surface area contributed by atoms with Crippen LogP contribution in [0, 0.1) is 5.92 Å². The highest BCUT2D eigenvalue weighted by Gasteiger charge is 2.58. The molecule has 1 aliphatic carbocycles. The Kier molecular flexibility index (Phi) is 1.56. The predicted octanol–water partition coefficient (Wildman–Crippen LogP) is 2.36. The van der Waals surface area contributed by atoms with Gasteiger partial charge >= 0.3 is 0 Å². The van der Waals surface area contributed by atoms with E-state index in [-0.39, 0.29) is 5.79 Å². The van der Waals surface area contributed by atoms with Crippen LogP contribution in [0.5, 0.6) is 0 Å².